The number of imidazole rings is 1. The zero-order valence-electron chi connectivity index (χ0n) is 11.7. The van der Waals surface area contributed by atoms with E-state index in [9.17, 15) is 8.42 Å². The van der Waals surface area contributed by atoms with Gasteiger partial charge in [-0.2, -0.15) is 0 Å². The first-order valence-corrected chi connectivity index (χ1v) is 7.90. The van der Waals surface area contributed by atoms with Crippen LogP contribution in [0.5, 0.6) is 5.75 Å². The molecule has 0 aliphatic carbocycles. The average molecular weight is 310 g/mol. The van der Waals surface area contributed by atoms with Crippen LogP contribution in [0.15, 0.2) is 41.8 Å². The quantitative estimate of drug-likeness (QED) is 0.583. The minimum Gasteiger partial charge on any atom is -0.495 e. The number of nitrogens with zero attached hydrogens (tertiary/aromatic N) is 2. The number of hydrogen-bond acceptors (Lipinski definition) is 5. The van der Waals surface area contributed by atoms with E-state index >= 15 is 0 Å². The highest BCUT2D eigenvalue weighted by molar-refractivity contribution is 7.89. The monoisotopic (exact) mass is 310 g/mol. The Morgan fingerprint density at radius 2 is 2.24 bits per heavy atom. The lowest BCUT2D eigenvalue weighted by atomic mass is 10.3. The first-order valence-electron chi connectivity index (χ1n) is 6.42. The molecule has 0 spiro atoms. The van der Waals surface area contributed by atoms with Crippen LogP contribution in [-0.2, 0) is 16.6 Å². The Kier molecular flexibility index (Phi) is 4.81. The molecule has 0 aliphatic rings. The van der Waals surface area contributed by atoms with Crippen molar-refractivity contribution in [2.24, 2.45) is 0 Å². The van der Waals surface area contributed by atoms with Gasteiger partial charge in [-0.3, -0.25) is 0 Å². The van der Waals surface area contributed by atoms with Gasteiger partial charge in [-0.05, 0) is 24.6 Å². The fourth-order valence-electron chi connectivity index (χ4n) is 1.87. The van der Waals surface area contributed by atoms with Crippen molar-refractivity contribution in [2.45, 2.75) is 17.9 Å². The number of nitrogens with two attached hydrogens (primary N) is 1. The maximum absolute atomic E-state index is 12.3. The second-order valence-electron chi connectivity index (χ2n) is 4.46. The minimum atomic E-state index is -3.65. The van der Waals surface area contributed by atoms with Gasteiger partial charge < -0.3 is 15.0 Å². The normalized spacial score (nSPS) is 11.5. The van der Waals surface area contributed by atoms with Crippen LogP contribution in [0.2, 0.25) is 0 Å². The fraction of sp³-hybridized carbons (Fsp3) is 0.308. The van der Waals surface area contributed by atoms with Crippen LogP contribution < -0.4 is 15.2 Å². The van der Waals surface area contributed by atoms with E-state index in [2.05, 4.69) is 9.71 Å². The van der Waals surface area contributed by atoms with Gasteiger partial charge in [-0.1, -0.05) is 0 Å². The molecule has 0 atom stereocenters. The van der Waals surface area contributed by atoms with Crippen molar-refractivity contribution >= 4 is 15.7 Å². The Hall–Kier alpha value is -2.06. The standard InChI is InChI=1S/C13H18N4O3S/c1-20-12-4-3-11(14)9-13(12)21(18,19)16-5-2-7-17-8-6-15-10-17/h3-4,6,8-10,16H,2,5,7,14H2,1H3. The molecule has 8 heteroatoms. The third-order valence-corrected chi connectivity index (χ3v) is 4.40. The number of hydrogen-bond donors (Lipinski definition) is 2. The van der Waals surface area contributed by atoms with Crippen LogP contribution in [0.25, 0.3) is 0 Å². The molecule has 114 valence electrons. The molecule has 0 bridgehead atoms. The fourth-order valence-corrected chi connectivity index (χ4v) is 3.14. The highest BCUT2D eigenvalue weighted by Crippen LogP contribution is 2.25. The smallest absolute Gasteiger partial charge is 0.244 e. The molecule has 0 saturated heterocycles. The summed E-state index contributed by atoms with van der Waals surface area (Å²) in [4.78, 5) is 3.97. The SMILES string of the molecule is COc1ccc(N)cc1S(=O)(=O)NCCCn1ccnc1. The number of sulfonamides is 1. The van der Waals surface area contributed by atoms with E-state index in [-0.39, 0.29) is 10.6 Å². The summed E-state index contributed by atoms with van der Waals surface area (Å²) in [5.41, 5.74) is 6.01. The third kappa shape index (κ3) is 3.96. The molecule has 0 radical (unpaired) electrons. The van der Waals surface area contributed by atoms with Crippen molar-refractivity contribution in [2.75, 3.05) is 19.4 Å². The summed E-state index contributed by atoms with van der Waals surface area (Å²) in [7, 11) is -2.23. The summed E-state index contributed by atoms with van der Waals surface area (Å²) >= 11 is 0. The van der Waals surface area contributed by atoms with Crippen LogP contribution in [0.4, 0.5) is 5.69 Å². The molecule has 1 heterocycles. The number of methoxy groups -OCH3 is 1. The number of aryl methyl sites for hydroxylation is 1. The Bertz CT molecular complexity index is 683. The van der Waals surface area contributed by atoms with Gasteiger partial charge in [-0.15, -0.1) is 0 Å². The third-order valence-electron chi connectivity index (χ3n) is 2.92. The number of benzene rings is 1. The van der Waals surface area contributed by atoms with Crippen molar-refractivity contribution in [3.63, 3.8) is 0 Å². The van der Waals surface area contributed by atoms with Crippen LogP contribution in [0.1, 0.15) is 6.42 Å². The van der Waals surface area contributed by atoms with E-state index in [1.807, 2.05) is 10.8 Å². The summed E-state index contributed by atoms with van der Waals surface area (Å²) in [6.45, 7) is 1.01. The number of ether oxygens (including phenoxy) is 1. The van der Waals surface area contributed by atoms with Crippen LogP contribution >= 0.6 is 0 Å². The molecular formula is C13H18N4O3S. The zero-order valence-corrected chi connectivity index (χ0v) is 12.5. The second-order valence-corrected chi connectivity index (χ2v) is 6.20. The van der Waals surface area contributed by atoms with E-state index < -0.39 is 10.0 Å². The summed E-state index contributed by atoms with van der Waals surface area (Å²) in [5.74, 6) is 0.270. The molecule has 2 rings (SSSR count). The van der Waals surface area contributed by atoms with Crippen molar-refractivity contribution < 1.29 is 13.2 Å². The molecule has 0 fully saturated rings. The van der Waals surface area contributed by atoms with Gasteiger partial charge in [-0.25, -0.2) is 18.1 Å². The molecule has 0 saturated carbocycles. The molecule has 21 heavy (non-hydrogen) atoms. The topological polar surface area (TPSA) is 99.2 Å². The summed E-state index contributed by atoms with van der Waals surface area (Å²) < 4.78 is 34.0. The predicted molar refractivity (Wildman–Crippen MR) is 79.4 cm³/mol. The number of nitrogens with one attached hydrogen (secondary N) is 1. The van der Waals surface area contributed by atoms with Gasteiger partial charge in [0.25, 0.3) is 0 Å². The largest absolute Gasteiger partial charge is 0.495 e. The van der Waals surface area contributed by atoms with E-state index in [0.717, 1.165) is 0 Å². The first kappa shape index (κ1) is 15.3. The Labute approximate surface area is 123 Å². The molecule has 0 amide bonds. The highest BCUT2D eigenvalue weighted by atomic mass is 32.2. The number of nitrogen functional groups attached to an aromatic ring is 1. The maximum Gasteiger partial charge on any atom is 0.244 e. The Morgan fingerprint density at radius 3 is 2.90 bits per heavy atom. The molecule has 1 aromatic carbocycles. The minimum absolute atomic E-state index is 0.0487. The molecule has 1 aromatic heterocycles. The van der Waals surface area contributed by atoms with Gasteiger partial charge >= 0.3 is 0 Å². The lowest BCUT2D eigenvalue weighted by Gasteiger charge is -2.11. The first-order chi connectivity index (χ1) is 10.0. The molecule has 0 aliphatic heterocycles. The van der Waals surface area contributed by atoms with Gasteiger partial charge in [0.1, 0.15) is 10.6 Å². The predicted octanol–water partition coefficient (Wildman–Crippen LogP) is 0.842. The van der Waals surface area contributed by atoms with Crippen LogP contribution in [0, 0.1) is 0 Å². The lowest BCUT2D eigenvalue weighted by molar-refractivity contribution is 0.402. The number of aromatic nitrogens is 2. The van der Waals surface area contributed by atoms with Crippen LogP contribution in [0.3, 0.4) is 0 Å². The van der Waals surface area contributed by atoms with E-state index in [0.29, 0.717) is 25.2 Å². The van der Waals surface area contributed by atoms with Gasteiger partial charge in [0.2, 0.25) is 10.0 Å². The van der Waals surface area contributed by atoms with E-state index in [1.165, 1.54) is 19.2 Å². The summed E-state index contributed by atoms with van der Waals surface area (Å²) in [6, 6.07) is 4.52. The average Bonchev–Trinajstić information content (AvgIpc) is 2.97. The summed E-state index contributed by atoms with van der Waals surface area (Å²) in [5, 5.41) is 0. The number of rotatable bonds is 7. The molecular weight excluding hydrogens is 292 g/mol. The van der Waals surface area contributed by atoms with E-state index in [1.54, 1.807) is 18.6 Å². The lowest BCUT2D eigenvalue weighted by Crippen LogP contribution is -2.26. The van der Waals surface area contributed by atoms with Crippen molar-refractivity contribution in [3.05, 3.63) is 36.9 Å². The molecule has 2 aromatic rings. The second kappa shape index (κ2) is 6.59. The Balaban J connectivity index is 1.99. The van der Waals surface area contributed by atoms with Crippen molar-refractivity contribution in [3.8, 4) is 5.75 Å². The van der Waals surface area contributed by atoms with Crippen molar-refractivity contribution in [1.82, 2.24) is 14.3 Å². The highest BCUT2D eigenvalue weighted by Gasteiger charge is 2.19. The van der Waals surface area contributed by atoms with E-state index in [4.69, 9.17) is 10.5 Å². The Morgan fingerprint density at radius 1 is 1.43 bits per heavy atom. The summed E-state index contributed by atoms with van der Waals surface area (Å²) in [6.07, 6.45) is 5.85. The molecule has 0 unspecified atom stereocenters. The van der Waals surface area contributed by atoms with Crippen LogP contribution in [-0.4, -0.2) is 31.6 Å². The maximum atomic E-state index is 12.3. The van der Waals surface area contributed by atoms with Gasteiger partial charge in [0.05, 0.1) is 13.4 Å². The van der Waals surface area contributed by atoms with Gasteiger partial charge in [0, 0.05) is 31.2 Å². The molecule has 3 N–H and O–H groups in total. The number of anilines is 1. The van der Waals surface area contributed by atoms with Gasteiger partial charge in [0.15, 0.2) is 0 Å². The van der Waals surface area contributed by atoms with Crippen molar-refractivity contribution in [1.29, 1.82) is 0 Å². The molecule has 7 nitrogen and oxygen atoms in total. The zero-order chi connectivity index (χ0) is 15.3.